The minimum Gasteiger partial charge on any atom is -0.494 e. The number of benzene rings is 2. The molecule has 0 saturated heterocycles. The molecule has 2 rings (SSSR count). The van der Waals surface area contributed by atoms with Gasteiger partial charge in [-0.05, 0) is 29.8 Å². The van der Waals surface area contributed by atoms with Gasteiger partial charge in [0.15, 0.2) is 0 Å². The zero-order valence-electron chi connectivity index (χ0n) is 12.4. The maximum Gasteiger partial charge on any atom is 0.319 e. The second-order valence-corrected chi connectivity index (χ2v) is 4.48. The molecular formula is C16H17FN2O3. The molecule has 116 valence electrons. The van der Waals surface area contributed by atoms with E-state index in [-0.39, 0.29) is 12.4 Å². The van der Waals surface area contributed by atoms with E-state index >= 15 is 0 Å². The van der Waals surface area contributed by atoms with Crippen molar-refractivity contribution in [2.24, 2.45) is 0 Å². The van der Waals surface area contributed by atoms with Crippen LogP contribution in [0.2, 0.25) is 0 Å². The maximum atomic E-state index is 13.1. The predicted molar refractivity (Wildman–Crippen MR) is 81.8 cm³/mol. The minimum absolute atomic E-state index is 0.209. The van der Waals surface area contributed by atoms with Crippen LogP contribution in [0.1, 0.15) is 5.56 Å². The van der Waals surface area contributed by atoms with Crippen LogP contribution in [-0.2, 0) is 6.54 Å². The third-order valence-corrected chi connectivity index (χ3v) is 3.01. The highest BCUT2D eigenvalue weighted by Crippen LogP contribution is 2.33. The first-order chi connectivity index (χ1) is 10.6. The molecule has 2 aromatic rings. The fourth-order valence-corrected chi connectivity index (χ4v) is 1.96. The van der Waals surface area contributed by atoms with Crippen LogP contribution in [-0.4, -0.2) is 20.3 Å². The smallest absolute Gasteiger partial charge is 0.319 e. The van der Waals surface area contributed by atoms with Gasteiger partial charge in [-0.3, -0.25) is 0 Å². The number of nitrogens with one attached hydrogen (secondary N) is 2. The largest absolute Gasteiger partial charge is 0.494 e. The molecule has 0 heterocycles. The number of anilines is 1. The number of methoxy groups -OCH3 is 2. The van der Waals surface area contributed by atoms with Crippen molar-refractivity contribution < 1.29 is 18.7 Å². The summed E-state index contributed by atoms with van der Waals surface area (Å²) in [4.78, 5) is 12.0. The lowest BCUT2D eigenvalue weighted by atomic mass is 10.2. The highest BCUT2D eigenvalue weighted by molar-refractivity contribution is 5.92. The summed E-state index contributed by atoms with van der Waals surface area (Å²) in [6, 6.07) is 10.8. The predicted octanol–water partition coefficient (Wildman–Crippen LogP) is 3.16. The quantitative estimate of drug-likeness (QED) is 0.892. The van der Waals surface area contributed by atoms with Gasteiger partial charge in [-0.2, -0.15) is 0 Å². The molecule has 2 amide bonds. The Morgan fingerprint density at radius 1 is 1.09 bits per heavy atom. The fourth-order valence-electron chi connectivity index (χ4n) is 1.96. The highest BCUT2D eigenvalue weighted by Gasteiger charge is 2.12. The van der Waals surface area contributed by atoms with Crippen LogP contribution >= 0.6 is 0 Å². The molecule has 0 bridgehead atoms. The summed E-state index contributed by atoms with van der Waals surface area (Å²) in [7, 11) is 3.01. The van der Waals surface area contributed by atoms with Crippen LogP contribution < -0.4 is 20.1 Å². The Bertz CT molecular complexity index is 639. The van der Waals surface area contributed by atoms with Crippen molar-refractivity contribution in [3.63, 3.8) is 0 Å². The van der Waals surface area contributed by atoms with Crippen molar-refractivity contribution in [1.82, 2.24) is 5.32 Å². The Hall–Kier alpha value is -2.76. The number of halogens is 1. The molecule has 0 unspecified atom stereocenters. The minimum atomic E-state index is -0.438. The topological polar surface area (TPSA) is 59.6 Å². The number of carbonyl (C=O) groups excluding carboxylic acids is 1. The van der Waals surface area contributed by atoms with Crippen molar-refractivity contribution >= 4 is 11.7 Å². The maximum absolute atomic E-state index is 13.1. The van der Waals surface area contributed by atoms with Gasteiger partial charge in [0.2, 0.25) is 0 Å². The summed E-state index contributed by atoms with van der Waals surface area (Å²) >= 11 is 0. The molecule has 0 atom stereocenters. The summed E-state index contributed by atoms with van der Waals surface area (Å²) < 4.78 is 23.5. The third-order valence-electron chi connectivity index (χ3n) is 3.01. The number of rotatable bonds is 5. The summed E-state index contributed by atoms with van der Waals surface area (Å²) in [6.45, 7) is 0.209. The van der Waals surface area contributed by atoms with Crippen LogP contribution in [0.5, 0.6) is 11.5 Å². The van der Waals surface area contributed by atoms with Crippen molar-refractivity contribution in [1.29, 1.82) is 0 Å². The van der Waals surface area contributed by atoms with Crippen LogP contribution in [0.3, 0.4) is 0 Å². The molecule has 0 aliphatic rings. The van der Waals surface area contributed by atoms with Crippen molar-refractivity contribution in [2.45, 2.75) is 6.54 Å². The zero-order chi connectivity index (χ0) is 15.9. The van der Waals surface area contributed by atoms with Crippen LogP contribution in [0.25, 0.3) is 0 Å². The van der Waals surface area contributed by atoms with Gasteiger partial charge in [-0.15, -0.1) is 0 Å². The molecule has 0 radical (unpaired) electrons. The van der Waals surface area contributed by atoms with Gasteiger partial charge >= 0.3 is 6.03 Å². The van der Waals surface area contributed by atoms with Crippen LogP contribution in [0.4, 0.5) is 14.9 Å². The highest BCUT2D eigenvalue weighted by atomic mass is 19.1. The van der Waals surface area contributed by atoms with E-state index in [1.54, 1.807) is 30.3 Å². The zero-order valence-corrected chi connectivity index (χ0v) is 12.4. The molecule has 6 heteroatoms. The van der Waals surface area contributed by atoms with Gasteiger partial charge < -0.3 is 20.1 Å². The molecule has 0 saturated carbocycles. The molecule has 0 spiro atoms. The molecule has 2 aromatic carbocycles. The molecule has 2 N–H and O–H groups in total. The first-order valence-corrected chi connectivity index (χ1v) is 6.64. The SMILES string of the molecule is COc1cccc(OC)c1NC(=O)NCc1cccc(F)c1. The Balaban J connectivity index is 2.03. The normalized spacial score (nSPS) is 9.95. The molecule has 5 nitrogen and oxygen atoms in total. The van der Waals surface area contributed by atoms with E-state index in [0.29, 0.717) is 22.7 Å². The van der Waals surface area contributed by atoms with E-state index in [9.17, 15) is 9.18 Å². The number of para-hydroxylation sites is 1. The molecule has 0 aliphatic carbocycles. The lowest BCUT2D eigenvalue weighted by molar-refractivity contribution is 0.251. The van der Waals surface area contributed by atoms with Gasteiger partial charge in [0.1, 0.15) is 23.0 Å². The first kappa shape index (κ1) is 15.6. The Labute approximate surface area is 128 Å². The van der Waals surface area contributed by atoms with Crippen molar-refractivity contribution in [2.75, 3.05) is 19.5 Å². The second-order valence-electron chi connectivity index (χ2n) is 4.48. The Kier molecular flexibility index (Phi) is 5.19. The number of hydrogen-bond donors (Lipinski definition) is 2. The van der Waals surface area contributed by atoms with Gasteiger partial charge in [-0.25, -0.2) is 9.18 Å². The standard InChI is InChI=1S/C16H17FN2O3/c1-21-13-7-4-8-14(22-2)15(13)19-16(20)18-10-11-5-3-6-12(17)9-11/h3-9H,10H2,1-2H3,(H2,18,19,20). The first-order valence-electron chi connectivity index (χ1n) is 6.64. The lowest BCUT2D eigenvalue weighted by Gasteiger charge is -2.14. The van der Waals surface area contributed by atoms with E-state index in [2.05, 4.69) is 10.6 Å². The number of amides is 2. The van der Waals surface area contributed by atoms with Crippen LogP contribution in [0, 0.1) is 5.82 Å². The fraction of sp³-hybridized carbons (Fsp3) is 0.188. The van der Waals surface area contributed by atoms with Crippen molar-refractivity contribution in [3.8, 4) is 11.5 Å². The summed E-state index contributed by atoms with van der Waals surface area (Å²) in [6.07, 6.45) is 0. The van der Waals surface area contributed by atoms with E-state index < -0.39 is 6.03 Å². The lowest BCUT2D eigenvalue weighted by Crippen LogP contribution is -2.28. The average Bonchev–Trinajstić information content (AvgIpc) is 2.53. The van der Waals surface area contributed by atoms with E-state index in [1.807, 2.05) is 0 Å². The number of urea groups is 1. The number of ether oxygens (including phenoxy) is 2. The Morgan fingerprint density at radius 3 is 2.32 bits per heavy atom. The van der Waals surface area contributed by atoms with E-state index in [0.717, 1.165) is 0 Å². The van der Waals surface area contributed by atoms with Gasteiger partial charge in [0, 0.05) is 6.54 Å². The summed E-state index contributed by atoms with van der Waals surface area (Å²) in [5, 5.41) is 5.32. The second kappa shape index (κ2) is 7.31. The number of carbonyl (C=O) groups is 1. The van der Waals surface area contributed by atoms with Gasteiger partial charge in [-0.1, -0.05) is 18.2 Å². The summed E-state index contributed by atoms with van der Waals surface area (Å²) in [5.41, 5.74) is 1.10. The molecular weight excluding hydrogens is 287 g/mol. The van der Waals surface area contributed by atoms with E-state index in [4.69, 9.17) is 9.47 Å². The summed E-state index contributed by atoms with van der Waals surface area (Å²) in [5.74, 6) is 0.631. The van der Waals surface area contributed by atoms with Gasteiger partial charge in [0.25, 0.3) is 0 Å². The number of hydrogen-bond acceptors (Lipinski definition) is 3. The average molecular weight is 304 g/mol. The van der Waals surface area contributed by atoms with E-state index in [1.165, 1.54) is 26.4 Å². The third kappa shape index (κ3) is 3.88. The molecule has 0 aromatic heterocycles. The van der Waals surface area contributed by atoms with Crippen LogP contribution in [0.15, 0.2) is 42.5 Å². The monoisotopic (exact) mass is 304 g/mol. The molecule has 0 aliphatic heterocycles. The molecule has 22 heavy (non-hydrogen) atoms. The van der Waals surface area contributed by atoms with Crippen molar-refractivity contribution in [3.05, 3.63) is 53.8 Å². The molecule has 0 fully saturated rings. The van der Waals surface area contributed by atoms with Gasteiger partial charge in [0.05, 0.1) is 14.2 Å². The Morgan fingerprint density at radius 2 is 1.73 bits per heavy atom.